The SMILES string of the molecule is Cc1cc(-c2ccccc2C#N)nnc1N[C@@H]1CCCN(C)C1. The van der Waals surface area contributed by atoms with Crippen LogP contribution in [0.3, 0.4) is 0 Å². The van der Waals surface area contributed by atoms with Gasteiger partial charge in [0, 0.05) is 18.2 Å². The number of likely N-dealkylation sites (tertiary alicyclic amines) is 1. The fourth-order valence-electron chi connectivity index (χ4n) is 3.04. The van der Waals surface area contributed by atoms with Gasteiger partial charge in [0.1, 0.15) is 0 Å². The van der Waals surface area contributed by atoms with Crippen molar-refractivity contribution in [3.05, 3.63) is 41.5 Å². The lowest BCUT2D eigenvalue weighted by molar-refractivity contribution is 0.260. The van der Waals surface area contributed by atoms with Gasteiger partial charge in [-0.05, 0) is 51.1 Å². The largest absolute Gasteiger partial charge is 0.364 e. The summed E-state index contributed by atoms with van der Waals surface area (Å²) in [6, 6.07) is 12.1. The van der Waals surface area contributed by atoms with Crippen LogP contribution in [-0.2, 0) is 0 Å². The summed E-state index contributed by atoms with van der Waals surface area (Å²) in [5, 5.41) is 21.4. The average Bonchev–Trinajstić information content (AvgIpc) is 2.57. The van der Waals surface area contributed by atoms with Gasteiger partial charge in [0.25, 0.3) is 0 Å². The van der Waals surface area contributed by atoms with Crippen LogP contribution in [0.1, 0.15) is 24.0 Å². The van der Waals surface area contributed by atoms with E-state index in [2.05, 4.69) is 33.5 Å². The van der Waals surface area contributed by atoms with Crippen LogP contribution in [0.15, 0.2) is 30.3 Å². The van der Waals surface area contributed by atoms with E-state index in [1.165, 1.54) is 6.42 Å². The summed E-state index contributed by atoms with van der Waals surface area (Å²) in [5.74, 6) is 0.837. The van der Waals surface area contributed by atoms with Gasteiger partial charge in [-0.1, -0.05) is 18.2 Å². The van der Waals surface area contributed by atoms with Crippen molar-refractivity contribution in [3.8, 4) is 17.3 Å². The van der Waals surface area contributed by atoms with E-state index in [-0.39, 0.29) is 0 Å². The van der Waals surface area contributed by atoms with E-state index in [4.69, 9.17) is 0 Å². The molecule has 1 saturated heterocycles. The third-order valence-corrected chi connectivity index (χ3v) is 4.27. The molecule has 1 N–H and O–H groups in total. The van der Waals surface area contributed by atoms with Crippen molar-refractivity contribution in [1.82, 2.24) is 15.1 Å². The maximum Gasteiger partial charge on any atom is 0.151 e. The molecule has 0 spiro atoms. The number of nitrogens with one attached hydrogen (secondary N) is 1. The lowest BCUT2D eigenvalue weighted by atomic mass is 10.0. The van der Waals surface area contributed by atoms with Crippen LogP contribution < -0.4 is 5.32 Å². The molecule has 5 heteroatoms. The van der Waals surface area contributed by atoms with Crippen molar-refractivity contribution in [2.45, 2.75) is 25.8 Å². The molecular formula is C18H21N5. The summed E-state index contributed by atoms with van der Waals surface area (Å²) in [6.07, 6.45) is 2.36. The first-order chi connectivity index (χ1) is 11.2. The number of likely N-dealkylation sites (N-methyl/N-ethyl adjacent to an activating group) is 1. The molecule has 0 amide bonds. The predicted molar refractivity (Wildman–Crippen MR) is 91.1 cm³/mol. The van der Waals surface area contributed by atoms with E-state index in [1.807, 2.05) is 31.2 Å². The van der Waals surface area contributed by atoms with Crippen molar-refractivity contribution < 1.29 is 0 Å². The fourth-order valence-corrected chi connectivity index (χ4v) is 3.04. The van der Waals surface area contributed by atoms with Gasteiger partial charge in [0.15, 0.2) is 5.82 Å². The average molecular weight is 307 g/mol. The Labute approximate surface area is 137 Å². The van der Waals surface area contributed by atoms with E-state index >= 15 is 0 Å². The first-order valence-electron chi connectivity index (χ1n) is 7.96. The number of aromatic nitrogens is 2. The Morgan fingerprint density at radius 2 is 2.13 bits per heavy atom. The number of benzene rings is 1. The standard InChI is InChI=1S/C18H21N5/c1-13-10-17(16-8-4-3-6-14(16)11-19)21-22-18(13)20-15-7-5-9-23(2)12-15/h3-4,6,8,10,15H,5,7,9,12H2,1-2H3,(H,20,22)/t15-/m1/s1. The summed E-state index contributed by atoms with van der Waals surface area (Å²) in [7, 11) is 2.15. The zero-order valence-electron chi connectivity index (χ0n) is 13.6. The van der Waals surface area contributed by atoms with Crippen LogP contribution in [0, 0.1) is 18.3 Å². The molecule has 2 aromatic rings. The van der Waals surface area contributed by atoms with Gasteiger partial charge in [-0.2, -0.15) is 5.26 Å². The minimum Gasteiger partial charge on any atom is -0.364 e. The highest BCUT2D eigenvalue weighted by Crippen LogP contribution is 2.24. The van der Waals surface area contributed by atoms with Gasteiger partial charge in [-0.25, -0.2) is 0 Å². The minimum atomic E-state index is 0.416. The second-order valence-corrected chi connectivity index (χ2v) is 6.16. The normalized spacial score (nSPS) is 18.4. The zero-order chi connectivity index (χ0) is 16.2. The number of nitriles is 1. The van der Waals surface area contributed by atoms with Crippen LogP contribution in [0.4, 0.5) is 5.82 Å². The van der Waals surface area contributed by atoms with Crippen molar-refractivity contribution in [2.24, 2.45) is 0 Å². The molecule has 0 bridgehead atoms. The Kier molecular flexibility index (Phi) is 4.54. The number of piperidine rings is 1. The summed E-state index contributed by atoms with van der Waals surface area (Å²) < 4.78 is 0. The van der Waals surface area contributed by atoms with Crippen molar-refractivity contribution in [1.29, 1.82) is 5.26 Å². The van der Waals surface area contributed by atoms with Gasteiger partial charge in [0.05, 0.1) is 17.3 Å². The molecule has 1 aliphatic rings. The number of anilines is 1. The van der Waals surface area contributed by atoms with Crippen LogP contribution in [-0.4, -0.2) is 41.3 Å². The molecular weight excluding hydrogens is 286 g/mol. The topological polar surface area (TPSA) is 64.8 Å². The van der Waals surface area contributed by atoms with Gasteiger partial charge < -0.3 is 10.2 Å². The molecule has 23 heavy (non-hydrogen) atoms. The minimum absolute atomic E-state index is 0.416. The Balaban J connectivity index is 1.82. The maximum atomic E-state index is 9.23. The maximum absolute atomic E-state index is 9.23. The summed E-state index contributed by atoms with van der Waals surface area (Å²) >= 11 is 0. The number of hydrogen-bond acceptors (Lipinski definition) is 5. The Bertz CT molecular complexity index is 734. The van der Waals surface area contributed by atoms with Gasteiger partial charge in [-0.15, -0.1) is 10.2 Å². The van der Waals surface area contributed by atoms with E-state index in [0.717, 1.165) is 42.1 Å². The highest BCUT2D eigenvalue weighted by molar-refractivity contribution is 5.68. The van der Waals surface area contributed by atoms with Crippen LogP contribution in [0.5, 0.6) is 0 Å². The summed E-state index contributed by atoms with van der Waals surface area (Å²) in [5.41, 5.74) is 3.24. The highest BCUT2D eigenvalue weighted by atomic mass is 15.2. The molecule has 1 aromatic carbocycles. The molecule has 5 nitrogen and oxygen atoms in total. The molecule has 0 radical (unpaired) electrons. The molecule has 1 aliphatic heterocycles. The van der Waals surface area contributed by atoms with Crippen molar-refractivity contribution in [3.63, 3.8) is 0 Å². The van der Waals surface area contributed by atoms with Gasteiger partial charge >= 0.3 is 0 Å². The smallest absolute Gasteiger partial charge is 0.151 e. The molecule has 3 rings (SSSR count). The molecule has 0 saturated carbocycles. The van der Waals surface area contributed by atoms with Gasteiger partial charge in [0.2, 0.25) is 0 Å². The van der Waals surface area contributed by atoms with Crippen LogP contribution in [0.2, 0.25) is 0 Å². The molecule has 0 unspecified atom stereocenters. The summed E-state index contributed by atoms with van der Waals surface area (Å²) in [6.45, 7) is 4.22. The fraction of sp³-hybridized carbons (Fsp3) is 0.389. The Morgan fingerprint density at radius 1 is 1.30 bits per heavy atom. The lowest BCUT2D eigenvalue weighted by Crippen LogP contribution is -2.40. The molecule has 2 heterocycles. The lowest BCUT2D eigenvalue weighted by Gasteiger charge is -2.30. The summed E-state index contributed by atoms with van der Waals surface area (Å²) in [4.78, 5) is 2.33. The number of aryl methyl sites for hydroxylation is 1. The molecule has 118 valence electrons. The second kappa shape index (κ2) is 6.76. The zero-order valence-corrected chi connectivity index (χ0v) is 13.6. The quantitative estimate of drug-likeness (QED) is 0.944. The van der Waals surface area contributed by atoms with E-state index < -0.39 is 0 Å². The Hall–Kier alpha value is -2.45. The first-order valence-corrected chi connectivity index (χ1v) is 7.96. The number of hydrogen-bond donors (Lipinski definition) is 1. The monoisotopic (exact) mass is 307 g/mol. The third-order valence-electron chi connectivity index (χ3n) is 4.27. The van der Waals surface area contributed by atoms with Crippen molar-refractivity contribution in [2.75, 3.05) is 25.5 Å². The molecule has 1 atom stereocenters. The van der Waals surface area contributed by atoms with E-state index in [1.54, 1.807) is 6.07 Å². The van der Waals surface area contributed by atoms with Gasteiger partial charge in [-0.3, -0.25) is 0 Å². The van der Waals surface area contributed by atoms with E-state index in [9.17, 15) is 5.26 Å². The Morgan fingerprint density at radius 3 is 2.87 bits per heavy atom. The van der Waals surface area contributed by atoms with Crippen LogP contribution in [0.25, 0.3) is 11.3 Å². The highest BCUT2D eigenvalue weighted by Gasteiger charge is 2.18. The predicted octanol–water partition coefficient (Wildman–Crippen LogP) is 2.83. The second-order valence-electron chi connectivity index (χ2n) is 6.16. The molecule has 1 aromatic heterocycles. The number of rotatable bonds is 3. The van der Waals surface area contributed by atoms with E-state index in [0.29, 0.717) is 11.6 Å². The molecule has 1 fully saturated rings. The molecule has 0 aliphatic carbocycles. The number of nitrogens with zero attached hydrogens (tertiary/aromatic N) is 4. The van der Waals surface area contributed by atoms with Crippen LogP contribution >= 0.6 is 0 Å². The van der Waals surface area contributed by atoms with Crippen molar-refractivity contribution >= 4 is 5.82 Å². The third kappa shape index (κ3) is 3.49. The first kappa shape index (κ1) is 15.4.